The van der Waals surface area contributed by atoms with Crippen LogP contribution in [-0.2, 0) is 14.6 Å². The third-order valence-electron chi connectivity index (χ3n) is 4.33. The highest BCUT2D eigenvalue weighted by Gasteiger charge is 2.50. The van der Waals surface area contributed by atoms with Crippen molar-refractivity contribution in [3.63, 3.8) is 0 Å². The van der Waals surface area contributed by atoms with Gasteiger partial charge in [0.15, 0.2) is 15.0 Å². The third-order valence-corrected chi connectivity index (χ3v) is 7.55. The van der Waals surface area contributed by atoms with E-state index in [2.05, 4.69) is 4.99 Å². The zero-order valence-electron chi connectivity index (χ0n) is 13.2. The highest BCUT2D eigenvalue weighted by Crippen LogP contribution is 2.42. The molecule has 1 aromatic carbocycles. The molecule has 0 aliphatic carbocycles. The lowest BCUT2D eigenvalue weighted by Gasteiger charge is -2.31. The standard InChI is InChI=1S/C16H20N2O3S2/c1-3-15(19)17-16-18(11(2)12-7-5-4-6-8-12)13-9-23(20,21)10-14(13)22-16/h4-8,11,13-14H,3,9-10H2,1-2H3/t11?,13-,14+/m0/s1. The number of carbonyl (C=O) groups excluding carboxylic acids is 1. The Labute approximate surface area is 141 Å². The number of aliphatic imine (C=N–C) groups is 1. The van der Waals surface area contributed by atoms with E-state index >= 15 is 0 Å². The first kappa shape index (κ1) is 16.5. The zero-order chi connectivity index (χ0) is 16.6. The Morgan fingerprint density at radius 1 is 1.35 bits per heavy atom. The Bertz CT molecular complexity index is 731. The summed E-state index contributed by atoms with van der Waals surface area (Å²) in [4.78, 5) is 18.0. The van der Waals surface area contributed by atoms with Crippen LogP contribution in [-0.4, -0.2) is 47.2 Å². The minimum atomic E-state index is -3.01. The molecule has 2 heterocycles. The molecule has 2 aliphatic heterocycles. The van der Waals surface area contributed by atoms with E-state index in [9.17, 15) is 13.2 Å². The first-order valence-electron chi connectivity index (χ1n) is 7.73. The highest BCUT2D eigenvalue weighted by molar-refractivity contribution is 8.15. The van der Waals surface area contributed by atoms with Gasteiger partial charge in [0.1, 0.15) is 0 Å². The van der Waals surface area contributed by atoms with E-state index in [1.165, 1.54) is 11.8 Å². The van der Waals surface area contributed by atoms with Gasteiger partial charge in [-0.15, -0.1) is 0 Å². The smallest absolute Gasteiger partial charge is 0.247 e. The van der Waals surface area contributed by atoms with Gasteiger partial charge in [-0.25, -0.2) is 8.42 Å². The number of hydrogen-bond acceptors (Lipinski definition) is 4. The maximum atomic E-state index is 12.0. The van der Waals surface area contributed by atoms with Crippen molar-refractivity contribution >= 4 is 32.7 Å². The number of amidine groups is 1. The van der Waals surface area contributed by atoms with Gasteiger partial charge >= 0.3 is 0 Å². The van der Waals surface area contributed by atoms with Gasteiger partial charge in [-0.05, 0) is 12.5 Å². The van der Waals surface area contributed by atoms with Crippen molar-refractivity contribution in [1.29, 1.82) is 0 Å². The SMILES string of the molecule is CCC(=O)N=C1S[C@@H]2CS(=O)(=O)C[C@@H]2N1C(C)c1ccccc1. The Hall–Kier alpha value is -1.34. The molecule has 0 bridgehead atoms. The van der Waals surface area contributed by atoms with Crippen LogP contribution in [0.3, 0.4) is 0 Å². The quantitative estimate of drug-likeness (QED) is 0.835. The summed E-state index contributed by atoms with van der Waals surface area (Å²) in [6, 6.07) is 9.79. The Morgan fingerprint density at radius 3 is 2.70 bits per heavy atom. The molecule has 0 spiro atoms. The van der Waals surface area contributed by atoms with Gasteiger partial charge in [0, 0.05) is 11.7 Å². The second-order valence-corrected chi connectivity index (χ2v) is 9.30. The Balaban J connectivity index is 1.97. The molecule has 3 rings (SSSR count). The molecule has 3 atom stereocenters. The lowest BCUT2D eigenvalue weighted by atomic mass is 10.1. The monoisotopic (exact) mass is 352 g/mol. The van der Waals surface area contributed by atoms with Crippen molar-refractivity contribution in [2.45, 2.75) is 37.6 Å². The van der Waals surface area contributed by atoms with E-state index in [-0.39, 0.29) is 34.7 Å². The molecule has 1 unspecified atom stereocenters. The Kier molecular flexibility index (Phi) is 4.51. The predicted molar refractivity (Wildman–Crippen MR) is 93.2 cm³/mol. The second-order valence-electron chi connectivity index (χ2n) is 5.94. The molecular weight excluding hydrogens is 332 g/mol. The van der Waals surface area contributed by atoms with Gasteiger partial charge in [-0.1, -0.05) is 49.0 Å². The molecule has 124 valence electrons. The fraction of sp³-hybridized carbons (Fsp3) is 0.500. The summed E-state index contributed by atoms with van der Waals surface area (Å²) in [5, 5.41) is 0.632. The number of fused-ring (bicyclic) bond motifs is 1. The molecule has 7 heteroatoms. The van der Waals surface area contributed by atoms with Crippen LogP contribution in [0.15, 0.2) is 35.3 Å². The molecule has 5 nitrogen and oxygen atoms in total. The number of amides is 1. The average Bonchev–Trinajstić information content (AvgIpc) is 2.98. The molecule has 2 aliphatic rings. The van der Waals surface area contributed by atoms with Crippen molar-refractivity contribution in [2.24, 2.45) is 4.99 Å². The minimum Gasteiger partial charge on any atom is -0.339 e. The van der Waals surface area contributed by atoms with Crippen LogP contribution in [0.4, 0.5) is 0 Å². The molecule has 1 amide bonds. The van der Waals surface area contributed by atoms with E-state index in [1.54, 1.807) is 6.92 Å². The third kappa shape index (κ3) is 3.30. The summed E-state index contributed by atoms with van der Waals surface area (Å²) in [6.45, 7) is 3.82. The predicted octanol–water partition coefficient (Wildman–Crippen LogP) is 2.25. The van der Waals surface area contributed by atoms with Crippen LogP contribution < -0.4 is 0 Å². The summed E-state index contributed by atoms with van der Waals surface area (Å²) in [5.74, 6) is 0.140. The molecule has 2 fully saturated rings. The van der Waals surface area contributed by atoms with E-state index in [0.29, 0.717) is 11.6 Å². The number of benzene rings is 1. The van der Waals surface area contributed by atoms with E-state index in [1.807, 2.05) is 42.2 Å². The largest absolute Gasteiger partial charge is 0.339 e. The molecule has 1 aromatic rings. The lowest BCUT2D eigenvalue weighted by Crippen LogP contribution is -2.39. The molecule has 0 aromatic heterocycles. The molecule has 0 radical (unpaired) electrons. The number of hydrogen-bond donors (Lipinski definition) is 0. The second kappa shape index (κ2) is 6.28. The van der Waals surface area contributed by atoms with Crippen molar-refractivity contribution in [2.75, 3.05) is 11.5 Å². The topological polar surface area (TPSA) is 66.8 Å². The van der Waals surface area contributed by atoms with Crippen LogP contribution >= 0.6 is 11.8 Å². The summed E-state index contributed by atoms with van der Waals surface area (Å²) < 4.78 is 24.0. The molecule has 0 saturated carbocycles. The van der Waals surface area contributed by atoms with Crippen LogP contribution in [0.5, 0.6) is 0 Å². The minimum absolute atomic E-state index is 0.0181. The van der Waals surface area contributed by atoms with E-state index < -0.39 is 9.84 Å². The number of nitrogens with zero attached hydrogens (tertiary/aromatic N) is 2. The van der Waals surface area contributed by atoms with Gasteiger partial charge in [0.05, 0.1) is 23.6 Å². The van der Waals surface area contributed by atoms with Crippen molar-refractivity contribution in [1.82, 2.24) is 4.90 Å². The number of sulfone groups is 1. The number of carbonyl (C=O) groups is 1. The molecule has 23 heavy (non-hydrogen) atoms. The molecule has 2 saturated heterocycles. The van der Waals surface area contributed by atoms with Crippen LogP contribution in [0, 0.1) is 0 Å². The van der Waals surface area contributed by atoms with Gasteiger partial charge in [0.25, 0.3) is 0 Å². The fourth-order valence-corrected chi connectivity index (χ4v) is 7.13. The summed E-state index contributed by atoms with van der Waals surface area (Å²) >= 11 is 1.43. The van der Waals surface area contributed by atoms with Gasteiger partial charge in [-0.3, -0.25) is 4.79 Å². The normalized spacial score (nSPS) is 28.8. The van der Waals surface area contributed by atoms with E-state index in [4.69, 9.17) is 0 Å². The van der Waals surface area contributed by atoms with Gasteiger partial charge in [0.2, 0.25) is 5.91 Å². The summed E-state index contributed by atoms with van der Waals surface area (Å²) in [6.07, 6.45) is 0.352. The number of thioether (sulfide) groups is 1. The van der Waals surface area contributed by atoms with E-state index in [0.717, 1.165) is 5.56 Å². The molecular formula is C16H20N2O3S2. The molecule has 0 N–H and O–H groups in total. The van der Waals surface area contributed by atoms with Gasteiger partial charge < -0.3 is 4.90 Å². The number of rotatable bonds is 3. The lowest BCUT2D eigenvalue weighted by molar-refractivity contribution is -0.117. The highest BCUT2D eigenvalue weighted by atomic mass is 32.2. The fourth-order valence-electron chi connectivity index (χ4n) is 3.12. The summed E-state index contributed by atoms with van der Waals surface area (Å²) in [5.41, 5.74) is 1.09. The van der Waals surface area contributed by atoms with Gasteiger partial charge in [-0.2, -0.15) is 4.99 Å². The Morgan fingerprint density at radius 2 is 2.04 bits per heavy atom. The maximum Gasteiger partial charge on any atom is 0.247 e. The first-order valence-corrected chi connectivity index (χ1v) is 10.4. The first-order chi connectivity index (χ1) is 10.9. The maximum absolute atomic E-state index is 12.0. The zero-order valence-corrected chi connectivity index (χ0v) is 14.8. The van der Waals surface area contributed by atoms with Crippen LogP contribution in [0.1, 0.15) is 31.9 Å². The van der Waals surface area contributed by atoms with Crippen LogP contribution in [0.25, 0.3) is 0 Å². The van der Waals surface area contributed by atoms with Crippen molar-refractivity contribution < 1.29 is 13.2 Å². The van der Waals surface area contributed by atoms with Crippen molar-refractivity contribution in [3.05, 3.63) is 35.9 Å². The summed E-state index contributed by atoms with van der Waals surface area (Å²) in [7, 11) is -3.01. The van der Waals surface area contributed by atoms with Crippen LogP contribution in [0.2, 0.25) is 0 Å². The average molecular weight is 352 g/mol. The van der Waals surface area contributed by atoms with Crippen molar-refractivity contribution in [3.8, 4) is 0 Å².